The van der Waals surface area contributed by atoms with Gasteiger partial charge in [0, 0.05) is 25.7 Å². The highest BCUT2D eigenvalue weighted by Crippen LogP contribution is 2.37. The Morgan fingerprint density at radius 3 is 2.67 bits per heavy atom. The lowest BCUT2D eigenvalue weighted by Gasteiger charge is -2.45. The number of rotatable bonds is 5. The van der Waals surface area contributed by atoms with Gasteiger partial charge in [-0.15, -0.1) is 0 Å². The highest BCUT2D eigenvalue weighted by atomic mass is 35.5. The summed E-state index contributed by atoms with van der Waals surface area (Å²) in [6, 6.07) is 6.23. The molecule has 0 radical (unpaired) electrons. The molecule has 0 aliphatic carbocycles. The molecule has 0 aromatic heterocycles. The van der Waals surface area contributed by atoms with Crippen molar-refractivity contribution in [2.75, 3.05) is 31.6 Å². The Hall–Kier alpha value is -1.51. The van der Waals surface area contributed by atoms with E-state index in [1.54, 1.807) is 0 Å². The minimum Gasteiger partial charge on any atom is -0.350 e. The molecule has 0 saturated carbocycles. The third kappa shape index (κ3) is 3.76. The lowest BCUT2D eigenvalue weighted by Crippen LogP contribution is -2.48. The third-order valence-corrected chi connectivity index (χ3v) is 5.64. The Bertz CT molecular complexity index is 654. The van der Waals surface area contributed by atoms with Gasteiger partial charge in [0.05, 0.1) is 10.7 Å². The van der Waals surface area contributed by atoms with Crippen LogP contribution >= 0.6 is 11.6 Å². The van der Waals surface area contributed by atoms with Crippen LogP contribution in [0, 0.1) is 18.8 Å². The molecule has 2 bridgehead atoms. The molecule has 0 N–H and O–H groups in total. The second-order valence-electron chi connectivity index (χ2n) is 7.03. The van der Waals surface area contributed by atoms with Crippen LogP contribution < -0.4 is 4.90 Å². The van der Waals surface area contributed by atoms with E-state index >= 15 is 0 Å². The van der Waals surface area contributed by atoms with E-state index in [1.807, 2.05) is 18.2 Å². The van der Waals surface area contributed by atoms with Crippen molar-refractivity contribution >= 4 is 17.3 Å². The molecular weight excluding hydrogens is 316 g/mol. The largest absolute Gasteiger partial charge is 0.350 e. The topological polar surface area (TPSA) is 6.48 Å². The summed E-state index contributed by atoms with van der Waals surface area (Å²) < 4.78 is 0. The van der Waals surface area contributed by atoms with Crippen LogP contribution in [0.3, 0.4) is 0 Å². The molecule has 0 amide bonds. The Labute approximate surface area is 151 Å². The summed E-state index contributed by atoms with van der Waals surface area (Å²) in [5, 5.41) is 0.801. The van der Waals surface area contributed by atoms with Crippen LogP contribution in [-0.4, -0.2) is 31.6 Å². The number of allylic oxidation sites excluding steroid dienone is 3. The van der Waals surface area contributed by atoms with Gasteiger partial charge in [0.2, 0.25) is 0 Å². The summed E-state index contributed by atoms with van der Waals surface area (Å²) in [7, 11) is 2.08. The van der Waals surface area contributed by atoms with E-state index in [0.29, 0.717) is 5.92 Å². The minimum absolute atomic E-state index is 0.607. The molecule has 3 heterocycles. The summed E-state index contributed by atoms with van der Waals surface area (Å²) >= 11 is 6.45. The van der Waals surface area contributed by atoms with Gasteiger partial charge in [-0.25, -0.2) is 0 Å². The van der Waals surface area contributed by atoms with E-state index in [9.17, 15) is 0 Å². The fourth-order valence-corrected chi connectivity index (χ4v) is 4.34. The fourth-order valence-electron chi connectivity index (χ4n) is 3.98. The van der Waals surface area contributed by atoms with Crippen molar-refractivity contribution in [3.8, 4) is 0 Å². The van der Waals surface area contributed by atoms with Gasteiger partial charge < -0.3 is 9.80 Å². The first-order chi connectivity index (χ1) is 11.6. The predicted octanol–water partition coefficient (Wildman–Crippen LogP) is 5.05. The predicted molar refractivity (Wildman–Crippen MR) is 105 cm³/mol. The van der Waals surface area contributed by atoms with Crippen LogP contribution in [0.25, 0.3) is 0 Å². The number of aryl methyl sites for hydroxylation is 1. The van der Waals surface area contributed by atoms with Crippen LogP contribution in [0.2, 0.25) is 5.02 Å². The van der Waals surface area contributed by atoms with Crippen molar-refractivity contribution in [2.24, 2.45) is 11.8 Å². The van der Waals surface area contributed by atoms with Gasteiger partial charge in [-0.2, -0.15) is 0 Å². The Kier molecular flexibility index (Phi) is 5.47. The van der Waals surface area contributed by atoms with Crippen LogP contribution in [0.5, 0.6) is 0 Å². The van der Waals surface area contributed by atoms with Crippen LogP contribution in [0.15, 0.2) is 54.8 Å². The standard InChI is InChI=1S/C21H27ClN2/c1-4-5-6-18(19-15-24-11-9-17(19)10-12-24)14-23(3)21-8-7-16(2)13-20(21)22/h4-8,13-14,17,19H,1,9-12,15H2,2-3H3/b6-5-,18-14+. The number of hydrogen-bond donors (Lipinski definition) is 0. The number of benzene rings is 1. The van der Waals surface area contributed by atoms with Gasteiger partial charge in [-0.3, -0.25) is 0 Å². The van der Waals surface area contributed by atoms with Crippen molar-refractivity contribution < 1.29 is 0 Å². The third-order valence-electron chi connectivity index (χ3n) is 5.33. The highest BCUT2D eigenvalue weighted by Gasteiger charge is 2.35. The van der Waals surface area contributed by atoms with E-state index in [2.05, 4.69) is 54.8 Å². The van der Waals surface area contributed by atoms with Crippen molar-refractivity contribution in [1.29, 1.82) is 0 Å². The quantitative estimate of drug-likeness (QED) is 0.691. The highest BCUT2D eigenvalue weighted by molar-refractivity contribution is 6.33. The molecule has 3 aliphatic heterocycles. The van der Waals surface area contributed by atoms with Gasteiger partial charge in [-0.1, -0.05) is 42.5 Å². The first kappa shape index (κ1) is 17.3. The minimum atomic E-state index is 0.607. The summed E-state index contributed by atoms with van der Waals surface area (Å²) in [5.41, 5.74) is 3.61. The maximum atomic E-state index is 6.45. The lowest BCUT2D eigenvalue weighted by molar-refractivity contribution is 0.0697. The summed E-state index contributed by atoms with van der Waals surface area (Å²) in [4.78, 5) is 4.75. The maximum Gasteiger partial charge on any atom is 0.0645 e. The van der Waals surface area contributed by atoms with E-state index < -0.39 is 0 Å². The zero-order chi connectivity index (χ0) is 17.1. The molecule has 24 heavy (non-hydrogen) atoms. The zero-order valence-corrected chi connectivity index (χ0v) is 15.5. The molecular formula is C21H27ClN2. The Balaban J connectivity index is 1.88. The van der Waals surface area contributed by atoms with Crippen molar-refractivity contribution in [3.63, 3.8) is 0 Å². The van der Waals surface area contributed by atoms with Crippen LogP contribution in [-0.2, 0) is 0 Å². The molecule has 3 fully saturated rings. The molecule has 1 atom stereocenters. The van der Waals surface area contributed by atoms with Gasteiger partial charge in [0.25, 0.3) is 0 Å². The Morgan fingerprint density at radius 2 is 2.08 bits per heavy atom. The van der Waals surface area contributed by atoms with E-state index in [0.717, 1.165) is 16.6 Å². The molecule has 1 unspecified atom stereocenters. The molecule has 3 saturated heterocycles. The van der Waals surface area contributed by atoms with Gasteiger partial charge >= 0.3 is 0 Å². The SMILES string of the molecule is C=C/C=C\C(=C/N(C)c1ccc(C)cc1Cl)C1CN2CCC1CC2. The molecule has 4 rings (SSSR count). The lowest BCUT2D eigenvalue weighted by atomic mass is 9.75. The van der Waals surface area contributed by atoms with E-state index in [1.165, 1.54) is 43.6 Å². The van der Waals surface area contributed by atoms with Crippen LogP contribution in [0.1, 0.15) is 18.4 Å². The normalized spacial score (nSPS) is 26.8. The maximum absolute atomic E-state index is 6.45. The second kappa shape index (κ2) is 7.58. The average molecular weight is 343 g/mol. The molecule has 128 valence electrons. The molecule has 1 aromatic rings. The van der Waals surface area contributed by atoms with E-state index in [-0.39, 0.29) is 0 Å². The second-order valence-corrected chi connectivity index (χ2v) is 7.44. The molecule has 1 aromatic carbocycles. The summed E-state index contributed by atoms with van der Waals surface area (Å²) in [6.45, 7) is 9.59. The monoisotopic (exact) mass is 342 g/mol. The number of halogens is 1. The van der Waals surface area contributed by atoms with Crippen molar-refractivity contribution in [2.45, 2.75) is 19.8 Å². The van der Waals surface area contributed by atoms with E-state index in [4.69, 9.17) is 11.6 Å². The average Bonchev–Trinajstić information content (AvgIpc) is 2.59. The van der Waals surface area contributed by atoms with Crippen molar-refractivity contribution in [3.05, 3.63) is 65.4 Å². The number of piperidine rings is 3. The van der Waals surface area contributed by atoms with Gasteiger partial charge in [0.1, 0.15) is 0 Å². The van der Waals surface area contributed by atoms with Gasteiger partial charge in [-0.05, 0) is 62.0 Å². The molecule has 3 aliphatic rings. The number of fused-ring (bicyclic) bond motifs is 3. The van der Waals surface area contributed by atoms with Crippen molar-refractivity contribution in [1.82, 2.24) is 4.90 Å². The zero-order valence-electron chi connectivity index (χ0n) is 14.7. The first-order valence-corrected chi connectivity index (χ1v) is 9.18. The number of anilines is 1. The molecule has 3 heteroatoms. The van der Waals surface area contributed by atoms with Gasteiger partial charge in [0.15, 0.2) is 0 Å². The smallest absolute Gasteiger partial charge is 0.0645 e. The molecule has 0 spiro atoms. The Morgan fingerprint density at radius 1 is 1.33 bits per heavy atom. The molecule has 2 nitrogen and oxygen atoms in total. The van der Waals surface area contributed by atoms with Crippen LogP contribution in [0.4, 0.5) is 5.69 Å². The number of nitrogens with zero attached hydrogens (tertiary/aromatic N) is 2. The first-order valence-electron chi connectivity index (χ1n) is 8.80. The summed E-state index contributed by atoms with van der Waals surface area (Å²) in [5.74, 6) is 1.41. The number of hydrogen-bond acceptors (Lipinski definition) is 2. The summed E-state index contributed by atoms with van der Waals surface area (Å²) in [6.07, 6.45) is 11.0. The fraction of sp³-hybridized carbons (Fsp3) is 0.429.